The monoisotopic (exact) mass is 288 g/mol. The SMILES string of the molecule is COc1cccc(C(N)C2(N3CCCCC3)CCCC2)c1. The van der Waals surface area contributed by atoms with Crippen molar-refractivity contribution in [2.24, 2.45) is 5.73 Å². The van der Waals surface area contributed by atoms with Crippen LogP contribution in [-0.4, -0.2) is 30.6 Å². The van der Waals surface area contributed by atoms with Gasteiger partial charge in [0.15, 0.2) is 0 Å². The molecule has 0 radical (unpaired) electrons. The molecule has 1 saturated carbocycles. The van der Waals surface area contributed by atoms with Crippen molar-refractivity contribution in [1.29, 1.82) is 0 Å². The zero-order valence-electron chi connectivity index (χ0n) is 13.2. The molecule has 3 heteroatoms. The molecule has 116 valence electrons. The second-order valence-corrected chi connectivity index (χ2v) is 6.61. The van der Waals surface area contributed by atoms with E-state index in [0.29, 0.717) is 0 Å². The van der Waals surface area contributed by atoms with Gasteiger partial charge < -0.3 is 10.5 Å². The quantitative estimate of drug-likeness (QED) is 0.921. The third kappa shape index (κ3) is 2.82. The molecule has 1 atom stereocenters. The smallest absolute Gasteiger partial charge is 0.119 e. The number of likely N-dealkylation sites (tertiary alicyclic amines) is 1. The molecule has 1 heterocycles. The van der Waals surface area contributed by atoms with Crippen LogP contribution in [0.15, 0.2) is 24.3 Å². The first-order valence-corrected chi connectivity index (χ1v) is 8.41. The van der Waals surface area contributed by atoms with Crippen LogP contribution in [0.25, 0.3) is 0 Å². The van der Waals surface area contributed by atoms with Crippen LogP contribution in [0.1, 0.15) is 56.6 Å². The fraction of sp³-hybridized carbons (Fsp3) is 0.667. The Balaban J connectivity index is 1.88. The van der Waals surface area contributed by atoms with Gasteiger partial charge in [0.25, 0.3) is 0 Å². The van der Waals surface area contributed by atoms with Crippen molar-refractivity contribution in [1.82, 2.24) is 4.90 Å². The van der Waals surface area contributed by atoms with Crippen molar-refractivity contribution in [3.05, 3.63) is 29.8 Å². The second kappa shape index (κ2) is 6.37. The van der Waals surface area contributed by atoms with Gasteiger partial charge in [0.2, 0.25) is 0 Å². The Bertz CT molecular complexity index is 462. The molecule has 3 rings (SSSR count). The summed E-state index contributed by atoms with van der Waals surface area (Å²) in [6, 6.07) is 8.44. The van der Waals surface area contributed by atoms with E-state index in [9.17, 15) is 0 Å². The van der Waals surface area contributed by atoms with Crippen LogP contribution < -0.4 is 10.5 Å². The molecule has 2 fully saturated rings. The van der Waals surface area contributed by atoms with E-state index in [2.05, 4.69) is 23.1 Å². The molecule has 0 amide bonds. The van der Waals surface area contributed by atoms with Crippen molar-refractivity contribution in [2.45, 2.75) is 56.5 Å². The van der Waals surface area contributed by atoms with E-state index in [4.69, 9.17) is 10.5 Å². The van der Waals surface area contributed by atoms with Gasteiger partial charge in [-0.15, -0.1) is 0 Å². The summed E-state index contributed by atoms with van der Waals surface area (Å²) in [4.78, 5) is 2.70. The lowest BCUT2D eigenvalue weighted by Crippen LogP contribution is -2.55. The van der Waals surface area contributed by atoms with Crippen LogP contribution in [0.2, 0.25) is 0 Å². The van der Waals surface area contributed by atoms with Crippen molar-refractivity contribution in [3.63, 3.8) is 0 Å². The summed E-state index contributed by atoms with van der Waals surface area (Å²) in [7, 11) is 1.72. The summed E-state index contributed by atoms with van der Waals surface area (Å²) in [5.41, 5.74) is 8.19. The largest absolute Gasteiger partial charge is 0.497 e. The first kappa shape index (κ1) is 14.9. The highest BCUT2D eigenvalue weighted by atomic mass is 16.5. The Labute approximate surface area is 128 Å². The molecule has 2 aliphatic rings. The average Bonchev–Trinajstić information content (AvgIpc) is 3.06. The van der Waals surface area contributed by atoms with E-state index in [1.54, 1.807) is 7.11 Å². The highest BCUT2D eigenvalue weighted by Crippen LogP contribution is 2.44. The molecule has 0 bridgehead atoms. The first-order chi connectivity index (χ1) is 10.3. The number of benzene rings is 1. The van der Waals surface area contributed by atoms with Gasteiger partial charge in [0.1, 0.15) is 5.75 Å². The van der Waals surface area contributed by atoms with Gasteiger partial charge in [-0.1, -0.05) is 31.4 Å². The molecule has 21 heavy (non-hydrogen) atoms. The topological polar surface area (TPSA) is 38.5 Å². The molecule has 0 spiro atoms. The fourth-order valence-electron chi connectivity index (χ4n) is 4.30. The predicted octanol–water partition coefficient (Wildman–Crippen LogP) is 3.49. The summed E-state index contributed by atoms with van der Waals surface area (Å²) in [6.45, 7) is 2.44. The van der Waals surface area contributed by atoms with Crippen molar-refractivity contribution < 1.29 is 4.74 Å². The number of rotatable bonds is 4. The van der Waals surface area contributed by atoms with Crippen molar-refractivity contribution >= 4 is 0 Å². The Kier molecular flexibility index (Phi) is 4.51. The molecule has 1 saturated heterocycles. The van der Waals surface area contributed by atoms with Gasteiger partial charge >= 0.3 is 0 Å². The predicted molar refractivity (Wildman–Crippen MR) is 86.5 cm³/mol. The lowest BCUT2D eigenvalue weighted by molar-refractivity contribution is 0.0477. The zero-order valence-corrected chi connectivity index (χ0v) is 13.2. The third-order valence-electron chi connectivity index (χ3n) is 5.49. The van der Waals surface area contributed by atoms with E-state index in [-0.39, 0.29) is 11.6 Å². The highest BCUT2D eigenvalue weighted by molar-refractivity contribution is 5.32. The van der Waals surface area contributed by atoms with Crippen LogP contribution in [0, 0.1) is 0 Å². The van der Waals surface area contributed by atoms with Crippen molar-refractivity contribution in [2.75, 3.05) is 20.2 Å². The molecule has 3 nitrogen and oxygen atoms in total. The maximum absolute atomic E-state index is 6.79. The molecule has 1 aromatic rings. The number of nitrogens with two attached hydrogens (primary N) is 1. The van der Waals surface area contributed by atoms with Gasteiger partial charge in [-0.2, -0.15) is 0 Å². The molecule has 1 aromatic carbocycles. The van der Waals surface area contributed by atoms with E-state index in [1.165, 1.54) is 63.6 Å². The summed E-state index contributed by atoms with van der Waals surface area (Å²) >= 11 is 0. The van der Waals surface area contributed by atoms with Gasteiger partial charge in [-0.25, -0.2) is 0 Å². The minimum atomic E-state index is 0.0909. The number of nitrogens with zero attached hydrogens (tertiary/aromatic N) is 1. The van der Waals surface area contributed by atoms with Gasteiger partial charge in [0.05, 0.1) is 7.11 Å². The highest BCUT2D eigenvalue weighted by Gasteiger charge is 2.45. The minimum absolute atomic E-state index is 0.0909. The Hall–Kier alpha value is -1.06. The van der Waals surface area contributed by atoms with Crippen LogP contribution in [0.4, 0.5) is 0 Å². The summed E-state index contributed by atoms with van der Waals surface area (Å²) in [5.74, 6) is 0.912. The van der Waals surface area contributed by atoms with E-state index >= 15 is 0 Å². The molecule has 1 unspecified atom stereocenters. The average molecular weight is 288 g/mol. The molecular formula is C18H28N2O. The first-order valence-electron chi connectivity index (χ1n) is 8.41. The van der Waals surface area contributed by atoms with Crippen molar-refractivity contribution in [3.8, 4) is 5.75 Å². The number of hydrogen-bond acceptors (Lipinski definition) is 3. The van der Waals surface area contributed by atoms with Gasteiger partial charge in [-0.05, 0) is 56.5 Å². The lowest BCUT2D eigenvalue weighted by Gasteiger charge is -2.47. The molecule has 1 aliphatic heterocycles. The standard InChI is InChI=1S/C18H28N2O/c1-21-16-9-7-8-15(14-16)17(19)18(10-3-4-11-18)20-12-5-2-6-13-20/h7-9,14,17H,2-6,10-13,19H2,1H3. The van der Waals surface area contributed by atoms with E-state index in [1.807, 2.05) is 6.07 Å². The van der Waals surface area contributed by atoms with E-state index < -0.39 is 0 Å². The maximum Gasteiger partial charge on any atom is 0.119 e. The number of ether oxygens (including phenoxy) is 1. The third-order valence-corrected chi connectivity index (χ3v) is 5.49. The maximum atomic E-state index is 6.79. The van der Waals surface area contributed by atoms with Crippen LogP contribution in [-0.2, 0) is 0 Å². The van der Waals surface area contributed by atoms with E-state index in [0.717, 1.165) is 5.75 Å². The molecular weight excluding hydrogens is 260 g/mol. The molecule has 0 aromatic heterocycles. The zero-order chi connectivity index (χ0) is 14.7. The summed E-state index contributed by atoms with van der Waals surface area (Å²) in [6.07, 6.45) is 9.14. The molecule has 1 aliphatic carbocycles. The van der Waals surface area contributed by atoms with Gasteiger partial charge in [-0.3, -0.25) is 4.90 Å². The molecule has 2 N–H and O–H groups in total. The lowest BCUT2D eigenvalue weighted by atomic mass is 9.81. The Morgan fingerprint density at radius 1 is 1.10 bits per heavy atom. The minimum Gasteiger partial charge on any atom is -0.497 e. The Morgan fingerprint density at radius 3 is 2.48 bits per heavy atom. The number of piperidine rings is 1. The van der Waals surface area contributed by atoms with Crippen LogP contribution in [0.5, 0.6) is 5.75 Å². The number of methoxy groups -OCH3 is 1. The summed E-state index contributed by atoms with van der Waals surface area (Å²) in [5, 5.41) is 0. The Morgan fingerprint density at radius 2 is 1.81 bits per heavy atom. The fourth-order valence-corrected chi connectivity index (χ4v) is 4.30. The number of hydrogen-bond donors (Lipinski definition) is 1. The van der Waals surface area contributed by atoms with Crippen LogP contribution >= 0.6 is 0 Å². The van der Waals surface area contributed by atoms with Gasteiger partial charge in [0, 0.05) is 11.6 Å². The summed E-state index contributed by atoms with van der Waals surface area (Å²) < 4.78 is 5.38. The normalized spacial score (nSPS) is 23.9. The second-order valence-electron chi connectivity index (χ2n) is 6.61. The van der Waals surface area contributed by atoms with Crippen LogP contribution in [0.3, 0.4) is 0 Å².